The zero-order valence-electron chi connectivity index (χ0n) is 10.8. The predicted octanol–water partition coefficient (Wildman–Crippen LogP) is 2.10. The molecule has 0 saturated heterocycles. The standard InChI is InChI=1S/C13H22N4/c1-13(2,10-15)6-3-4-8-17-9-12(5-7-14)16-11-17/h9,11H,3-8,14H2,1-2H3. The summed E-state index contributed by atoms with van der Waals surface area (Å²) in [6, 6.07) is 2.33. The summed E-state index contributed by atoms with van der Waals surface area (Å²) in [6.45, 7) is 5.60. The molecular weight excluding hydrogens is 212 g/mol. The summed E-state index contributed by atoms with van der Waals surface area (Å²) in [5.41, 5.74) is 6.34. The van der Waals surface area contributed by atoms with Crippen molar-refractivity contribution in [3.63, 3.8) is 0 Å². The van der Waals surface area contributed by atoms with Crippen molar-refractivity contribution < 1.29 is 0 Å². The topological polar surface area (TPSA) is 67.6 Å². The molecule has 1 heterocycles. The molecule has 0 radical (unpaired) electrons. The maximum atomic E-state index is 8.90. The fourth-order valence-electron chi connectivity index (χ4n) is 1.72. The highest BCUT2D eigenvalue weighted by Gasteiger charge is 2.15. The summed E-state index contributed by atoms with van der Waals surface area (Å²) in [6.07, 6.45) is 7.87. The van der Waals surface area contributed by atoms with E-state index in [0.717, 1.165) is 37.9 Å². The van der Waals surface area contributed by atoms with Gasteiger partial charge >= 0.3 is 0 Å². The van der Waals surface area contributed by atoms with Crippen molar-refractivity contribution in [2.24, 2.45) is 11.1 Å². The number of nitrogens with two attached hydrogens (primary N) is 1. The lowest BCUT2D eigenvalue weighted by Crippen LogP contribution is -2.08. The molecule has 0 amide bonds. The Morgan fingerprint density at radius 1 is 1.47 bits per heavy atom. The summed E-state index contributed by atoms with van der Waals surface area (Å²) >= 11 is 0. The van der Waals surface area contributed by atoms with Crippen LogP contribution in [0.15, 0.2) is 12.5 Å². The van der Waals surface area contributed by atoms with Crippen molar-refractivity contribution in [3.8, 4) is 6.07 Å². The third kappa shape index (κ3) is 5.01. The lowest BCUT2D eigenvalue weighted by molar-refractivity contribution is 0.417. The van der Waals surface area contributed by atoms with Crippen LogP contribution in [0.3, 0.4) is 0 Å². The number of rotatable bonds is 7. The van der Waals surface area contributed by atoms with Crippen LogP contribution in [0.2, 0.25) is 0 Å². The monoisotopic (exact) mass is 234 g/mol. The lowest BCUT2D eigenvalue weighted by atomic mass is 9.89. The van der Waals surface area contributed by atoms with Gasteiger partial charge in [-0.1, -0.05) is 6.42 Å². The SMILES string of the molecule is CC(C)(C#N)CCCCn1cnc(CCN)c1. The zero-order valence-corrected chi connectivity index (χ0v) is 10.8. The molecule has 0 aliphatic rings. The van der Waals surface area contributed by atoms with E-state index in [9.17, 15) is 0 Å². The van der Waals surface area contributed by atoms with E-state index in [4.69, 9.17) is 11.0 Å². The van der Waals surface area contributed by atoms with Gasteiger partial charge in [-0.15, -0.1) is 0 Å². The van der Waals surface area contributed by atoms with Crippen LogP contribution in [0.4, 0.5) is 0 Å². The Labute approximate surface area is 103 Å². The third-order valence-electron chi connectivity index (χ3n) is 2.86. The summed E-state index contributed by atoms with van der Waals surface area (Å²) < 4.78 is 2.10. The molecule has 0 saturated carbocycles. The fraction of sp³-hybridized carbons (Fsp3) is 0.692. The second-order valence-corrected chi connectivity index (χ2v) is 5.09. The van der Waals surface area contributed by atoms with Crippen molar-refractivity contribution in [3.05, 3.63) is 18.2 Å². The molecule has 0 aliphatic carbocycles. The van der Waals surface area contributed by atoms with Crippen LogP contribution in [-0.2, 0) is 13.0 Å². The van der Waals surface area contributed by atoms with Crippen molar-refractivity contribution in [1.29, 1.82) is 5.26 Å². The van der Waals surface area contributed by atoms with Crippen LogP contribution in [0.5, 0.6) is 0 Å². The lowest BCUT2D eigenvalue weighted by Gasteiger charge is -2.14. The highest BCUT2D eigenvalue weighted by molar-refractivity contribution is 4.97. The van der Waals surface area contributed by atoms with Gasteiger partial charge in [0.05, 0.1) is 23.5 Å². The number of hydrogen-bond acceptors (Lipinski definition) is 3. The van der Waals surface area contributed by atoms with Gasteiger partial charge in [0.25, 0.3) is 0 Å². The Morgan fingerprint density at radius 2 is 2.24 bits per heavy atom. The molecule has 0 bridgehead atoms. The maximum absolute atomic E-state index is 8.90. The largest absolute Gasteiger partial charge is 0.337 e. The molecule has 0 fully saturated rings. The van der Waals surface area contributed by atoms with Gasteiger partial charge in [0.2, 0.25) is 0 Å². The number of aromatic nitrogens is 2. The van der Waals surface area contributed by atoms with Gasteiger partial charge in [-0.05, 0) is 33.2 Å². The molecule has 17 heavy (non-hydrogen) atoms. The molecule has 1 aromatic heterocycles. The van der Waals surface area contributed by atoms with Gasteiger partial charge in [-0.3, -0.25) is 0 Å². The average molecular weight is 234 g/mol. The van der Waals surface area contributed by atoms with Crippen LogP contribution >= 0.6 is 0 Å². The van der Waals surface area contributed by atoms with Crippen LogP contribution in [-0.4, -0.2) is 16.1 Å². The van der Waals surface area contributed by atoms with Crippen molar-refractivity contribution >= 4 is 0 Å². The Morgan fingerprint density at radius 3 is 2.88 bits per heavy atom. The quantitative estimate of drug-likeness (QED) is 0.735. The van der Waals surface area contributed by atoms with E-state index in [-0.39, 0.29) is 5.41 Å². The molecule has 94 valence electrons. The number of aryl methyl sites for hydroxylation is 1. The van der Waals surface area contributed by atoms with Gasteiger partial charge in [0.15, 0.2) is 0 Å². The summed E-state index contributed by atoms with van der Waals surface area (Å²) in [4.78, 5) is 4.28. The minimum atomic E-state index is -0.195. The Balaban J connectivity index is 2.24. The minimum Gasteiger partial charge on any atom is -0.337 e. The summed E-state index contributed by atoms with van der Waals surface area (Å²) in [5, 5.41) is 8.90. The van der Waals surface area contributed by atoms with Gasteiger partial charge in [-0.25, -0.2) is 4.98 Å². The number of imidazole rings is 1. The van der Waals surface area contributed by atoms with Crippen LogP contribution in [0.25, 0.3) is 0 Å². The zero-order chi connectivity index (χ0) is 12.7. The fourth-order valence-corrected chi connectivity index (χ4v) is 1.72. The molecule has 4 nitrogen and oxygen atoms in total. The molecule has 1 rings (SSSR count). The van der Waals surface area contributed by atoms with Gasteiger partial charge in [-0.2, -0.15) is 5.26 Å². The molecule has 2 N–H and O–H groups in total. The Bertz CT molecular complexity index is 373. The highest BCUT2D eigenvalue weighted by atomic mass is 15.0. The molecule has 0 aliphatic heterocycles. The van der Waals surface area contributed by atoms with E-state index < -0.39 is 0 Å². The molecule has 0 spiro atoms. The number of nitrogens with zero attached hydrogens (tertiary/aromatic N) is 3. The second-order valence-electron chi connectivity index (χ2n) is 5.09. The van der Waals surface area contributed by atoms with Crippen LogP contribution in [0, 0.1) is 16.7 Å². The van der Waals surface area contributed by atoms with Crippen LogP contribution in [0.1, 0.15) is 38.8 Å². The van der Waals surface area contributed by atoms with Gasteiger partial charge in [0.1, 0.15) is 0 Å². The average Bonchev–Trinajstić information content (AvgIpc) is 2.73. The molecule has 4 heteroatoms. The van der Waals surface area contributed by atoms with E-state index in [1.54, 1.807) is 0 Å². The Kier molecular flexibility index (Phi) is 5.17. The molecular formula is C13H22N4. The first kappa shape index (κ1) is 13.7. The first-order valence-electron chi connectivity index (χ1n) is 6.19. The van der Waals surface area contributed by atoms with Crippen molar-refractivity contribution in [2.75, 3.05) is 6.54 Å². The minimum absolute atomic E-state index is 0.195. The molecule has 1 aromatic rings. The third-order valence-corrected chi connectivity index (χ3v) is 2.86. The first-order chi connectivity index (χ1) is 8.07. The first-order valence-corrected chi connectivity index (χ1v) is 6.19. The molecule has 0 unspecified atom stereocenters. The normalized spacial score (nSPS) is 11.4. The van der Waals surface area contributed by atoms with E-state index in [2.05, 4.69) is 21.8 Å². The maximum Gasteiger partial charge on any atom is 0.0949 e. The highest BCUT2D eigenvalue weighted by Crippen LogP contribution is 2.21. The number of hydrogen-bond donors (Lipinski definition) is 1. The second kappa shape index (κ2) is 6.41. The number of nitriles is 1. The van der Waals surface area contributed by atoms with Gasteiger partial charge in [0, 0.05) is 19.2 Å². The smallest absolute Gasteiger partial charge is 0.0949 e. The van der Waals surface area contributed by atoms with Gasteiger partial charge < -0.3 is 10.3 Å². The van der Waals surface area contributed by atoms with E-state index in [0.29, 0.717) is 6.54 Å². The van der Waals surface area contributed by atoms with Crippen LogP contribution < -0.4 is 5.73 Å². The van der Waals surface area contributed by atoms with E-state index in [1.807, 2.05) is 20.2 Å². The van der Waals surface area contributed by atoms with E-state index >= 15 is 0 Å². The molecule has 0 atom stereocenters. The Hall–Kier alpha value is -1.34. The number of unbranched alkanes of at least 4 members (excludes halogenated alkanes) is 1. The van der Waals surface area contributed by atoms with Crippen molar-refractivity contribution in [1.82, 2.24) is 9.55 Å². The molecule has 0 aromatic carbocycles. The summed E-state index contributed by atoms with van der Waals surface area (Å²) in [5.74, 6) is 0. The van der Waals surface area contributed by atoms with Crippen molar-refractivity contribution in [2.45, 2.75) is 46.1 Å². The summed E-state index contributed by atoms with van der Waals surface area (Å²) in [7, 11) is 0. The van der Waals surface area contributed by atoms with E-state index in [1.165, 1.54) is 0 Å². The predicted molar refractivity (Wildman–Crippen MR) is 68.2 cm³/mol.